The number of H-pyrrole nitrogens is 1. The van der Waals surface area contributed by atoms with Crippen LogP contribution in [0.4, 0.5) is 4.79 Å². The highest BCUT2D eigenvalue weighted by atomic mass is 16.7. The van der Waals surface area contributed by atoms with Crippen molar-refractivity contribution in [1.29, 1.82) is 0 Å². The van der Waals surface area contributed by atoms with Crippen molar-refractivity contribution in [2.75, 3.05) is 33.7 Å². The number of fused-ring (bicyclic) bond motifs is 2. The Labute approximate surface area is 219 Å². The summed E-state index contributed by atoms with van der Waals surface area (Å²) in [5.41, 5.74) is 2.64. The van der Waals surface area contributed by atoms with Gasteiger partial charge in [-0.2, -0.15) is 0 Å². The third kappa shape index (κ3) is 5.30. The van der Waals surface area contributed by atoms with Crippen LogP contribution >= 0.6 is 0 Å². The van der Waals surface area contributed by atoms with Gasteiger partial charge in [0, 0.05) is 25.4 Å². The van der Waals surface area contributed by atoms with Crippen LogP contribution in [0.3, 0.4) is 0 Å². The van der Waals surface area contributed by atoms with Gasteiger partial charge in [-0.1, -0.05) is 0 Å². The van der Waals surface area contributed by atoms with E-state index in [2.05, 4.69) is 25.6 Å². The Kier molecular flexibility index (Phi) is 7.78. The second kappa shape index (κ2) is 11.5. The first-order chi connectivity index (χ1) is 18.6. The number of aromatic nitrogens is 3. The third-order valence-corrected chi connectivity index (χ3v) is 6.65. The van der Waals surface area contributed by atoms with Gasteiger partial charge in [-0.3, -0.25) is 4.79 Å². The molecule has 5 rings (SSSR count). The number of rotatable bonds is 9. The molecule has 3 N–H and O–H groups in total. The fourth-order valence-electron chi connectivity index (χ4n) is 4.82. The molecule has 1 aliphatic heterocycles. The van der Waals surface area contributed by atoms with Crippen molar-refractivity contribution in [2.45, 2.75) is 44.7 Å². The first-order valence-corrected chi connectivity index (χ1v) is 12.7. The fourth-order valence-corrected chi connectivity index (χ4v) is 4.82. The highest BCUT2D eigenvalue weighted by Gasteiger charge is 2.28. The Morgan fingerprint density at radius 1 is 1.08 bits per heavy atom. The molecule has 2 amide bonds. The van der Waals surface area contributed by atoms with Gasteiger partial charge >= 0.3 is 6.09 Å². The van der Waals surface area contributed by atoms with E-state index in [1.165, 1.54) is 6.33 Å². The molecule has 1 saturated carbocycles. The number of carbonyl (C=O) groups excluding carboxylic acids is 2. The molecule has 12 nitrogen and oxygen atoms in total. The Bertz CT molecular complexity index is 1300. The smallest absolute Gasteiger partial charge is 0.407 e. The van der Waals surface area contributed by atoms with Gasteiger partial charge in [0.15, 0.2) is 11.5 Å². The lowest BCUT2D eigenvalue weighted by Crippen LogP contribution is -2.43. The van der Waals surface area contributed by atoms with E-state index in [9.17, 15) is 9.59 Å². The van der Waals surface area contributed by atoms with Crippen LogP contribution in [-0.2, 0) is 9.47 Å². The highest BCUT2D eigenvalue weighted by Crippen LogP contribution is 2.47. The van der Waals surface area contributed by atoms with Crippen molar-refractivity contribution in [3.05, 3.63) is 30.2 Å². The van der Waals surface area contributed by atoms with Crippen LogP contribution in [0.2, 0.25) is 0 Å². The van der Waals surface area contributed by atoms with Crippen LogP contribution in [0, 0.1) is 0 Å². The molecule has 0 radical (unpaired) electrons. The molecule has 2 aromatic heterocycles. The molecule has 0 bridgehead atoms. The Balaban J connectivity index is 1.35. The van der Waals surface area contributed by atoms with Crippen molar-refractivity contribution in [2.24, 2.45) is 0 Å². The molecule has 0 saturated heterocycles. The van der Waals surface area contributed by atoms with Gasteiger partial charge in [0.25, 0.3) is 5.91 Å². The van der Waals surface area contributed by atoms with E-state index in [-0.39, 0.29) is 24.8 Å². The summed E-state index contributed by atoms with van der Waals surface area (Å²) in [7, 11) is 1.61. The van der Waals surface area contributed by atoms with E-state index >= 15 is 0 Å². The molecule has 202 valence electrons. The molecule has 0 spiro atoms. The first-order valence-electron chi connectivity index (χ1n) is 12.7. The summed E-state index contributed by atoms with van der Waals surface area (Å²) < 4.78 is 27.4. The lowest BCUT2D eigenvalue weighted by molar-refractivity contribution is 0.0923. The Hall–Kier alpha value is -4.06. The van der Waals surface area contributed by atoms with Gasteiger partial charge in [0.2, 0.25) is 6.79 Å². The fraction of sp³-hybridized carbons (Fsp3) is 0.462. The van der Waals surface area contributed by atoms with Gasteiger partial charge in [-0.25, -0.2) is 14.8 Å². The average molecular weight is 526 g/mol. The van der Waals surface area contributed by atoms with Crippen molar-refractivity contribution in [3.63, 3.8) is 0 Å². The molecule has 38 heavy (non-hydrogen) atoms. The zero-order chi connectivity index (χ0) is 26.5. The van der Waals surface area contributed by atoms with E-state index in [0.29, 0.717) is 64.9 Å². The van der Waals surface area contributed by atoms with E-state index < -0.39 is 6.09 Å². The summed E-state index contributed by atoms with van der Waals surface area (Å²) in [6.07, 6.45) is 5.68. The van der Waals surface area contributed by atoms with Crippen LogP contribution in [-0.4, -0.2) is 72.8 Å². The van der Waals surface area contributed by atoms with Gasteiger partial charge in [-0.05, 0) is 44.7 Å². The summed E-state index contributed by atoms with van der Waals surface area (Å²) in [5.74, 6) is 1.44. The number of ether oxygens (including phenoxy) is 5. The largest absolute Gasteiger partial charge is 0.490 e. The summed E-state index contributed by atoms with van der Waals surface area (Å²) in [4.78, 5) is 37.0. The number of amides is 2. The van der Waals surface area contributed by atoms with Crippen molar-refractivity contribution >= 4 is 23.0 Å². The zero-order valence-corrected chi connectivity index (χ0v) is 21.4. The predicted molar refractivity (Wildman–Crippen MR) is 136 cm³/mol. The Morgan fingerprint density at radius 2 is 1.87 bits per heavy atom. The standard InChI is InChI=1S/C26H31N5O7/c1-3-35-26(33)31-16-6-4-15(5-7-16)30-25(32)17-12-27-23-21(17)28-13-29-22(23)20-18(36-11-10-34-2)8-9-19-24(20)38-14-37-19/h8-9,12-13,15-16,27H,3-7,10-11,14H2,1-2H3,(H,30,32)(H,31,33). The number of nitrogens with zero attached hydrogens (tertiary/aromatic N) is 2. The van der Waals surface area contributed by atoms with Gasteiger partial charge < -0.3 is 39.3 Å². The summed E-state index contributed by atoms with van der Waals surface area (Å²) in [5, 5.41) is 5.99. The van der Waals surface area contributed by atoms with Crippen molar-refractivity contribution < 1.29 is 33.3 Å². The maximum absolute atomic E-state index is 13.2. The van der Waals surface area contributed by atoms with Crippen LogP contribution in [0.25, 0.3) is 22.3 Å². The molecule has 1 aliphatic carbocycles. The minimum absolute atomic E-state index is 0.00210. The van der Waals surface area contributed by atoms with E-state index in [1.807, 2.05) is 0 Å². The van der Waals surface area contributed by atoms with Crippen molar-refractivity contribution in [3.8, 4) is 28.5 Å². The molecular weight excluding hydrogens is 494 g/mol. The van der Waals surface area contributed by atoms with E-state index in [0.717, 1.165) is 25.7 Å². The summed E-state index contributed by atoms with van der Waals surface area (Å²) in [6, 6.07) is 3.63. The highest BCUT2D eigenvalue weighted by molar-refractivity contribution is 6.08. The molecule has 12 heteroatoms. The number of aromatic amines is 1. The van der Waals surface area contributed by atoms with Crippen LogP contribution in [0.1, 0.15) is 43.0 Å². The quantitative estimate of drug-likeness (QED) is 0.359. The molecule has 3 aromatic rings. The second-order valence-corrected chi connectivity index (χ2v) is 9.05. The summed E-state index contributed by atoms with van der Waals surface area (Å²) in [6.45, 7) is 2.96. The van der Waals surface area contributed by atoms with Gasteiger partial charge in [0.05, 0.1) is 29.9 Å². The van der Waals surface area contributed by atoms with Gasteiger partial charge in [0.1, 0.15) is 29.9 Å². The minimum atomic E-state index is -0.400. The number of alkyl carbamates (subject to hydrolysis) is 1. The number of carbonyl (C=O) groups is 2. The SMILES string of the molecule is CCOC(=O)NC1CCC(NC(=O)c2c[nH]c3c(-c4c(OCCOC)ccc5c4OCO5)ncnc23)CC1. The molecule has 0 unspecified atom stereocenters. The molecule has 0 atom stereocenters. The molecular formula is C26H31N5O7. The molecule has 1 aromatic carbocycles. The first kappa shape index (κ1) is 25.6. The number of hydrogen-bond acceptors (Lipinski definition) is 9. The minimum Gasteiger partial charge on any atom is -0.490 e. The molecule has 3 heterocycles. The second-order valence-electron chi connectivity index (χ2n) is 9.05. The van der Waals surface area contributed by atoms with Gasteiger partial charge in [-0.15, -0.1) is 0 Å². The average Bonchev–Trinajstić information content (AvgIpc) is 3.57. The lowest BCUT2D eigenvalue weighted by atomic mass is 9.91. The van der Waals surface area contributed by atoms with E-state index in [4.69, 9.17) is 23.7 Å². The van der Waals surface area contributed by atoms with Crippen LogP contribution < -0.4 is 24.8 Å². The monoisotopic (exact) mass is 525 g/mol. The lowest BCUT2D eigenvalue weighted by Gasteiger charge is -2.29. The maximum atomic E-state index is 13.2. The maximum Gasteiger partial charge on any atom is 0.407 e. The summed E-state index contributed by atoms with van der Waals surface area (Å²) >= 11 is 0. The number of methoxy groups -OCH3 is 1. The third-order valence-electron chi connectivity index (χ3n) is 6.65. The molecule has 1 fully saturated rings. The molecule has 2 aliphatic rings. The number of nitrogens with one attached hydrogen (secondary N) is 3. The predicted octanol–water partition coefficient (Wildman–Crippen LogP) is 3.17. The Morgan fingerprint density at radius 3 is 2.63 bits per heavy atom. The number of benzene rings is 1. The van der Waals surface area contributed by atoms with Crippen molar-refractivity contribution in [1.82, 2.24) is 25.6 Å². The number of hydrogen-bond donors (Lipinski definition) is 3. The normalized spacial score (nSPS) is 18.3. The van der Waals surface area contributed by atoms with E-state index in [1.54, 1.807) is 32.4 Å². The zero-order valence-electron chi connectivity index (χ0n) is 21.4. The van der Waals surface area contributed by atoms with Crippen LogP contribution in [0.15, 0.2) is 24.7 Å². The topological polar surface area (TPSA) is 146 Å². The van der Waals surface area contributed by atoms with Crippen LogP contribution in [0.5, 0.6) is 17.2 Å².